The van der Waals surface area contributed by atoms with Crippen molar-refractivity contribution in [1.82, 2.24) is 10.2 Å². The molecule has 1 aliphatic rings. The number of amides is 1. The topological polar surface area (TPSA) is 54.9 Å². The standard InChI is InChI=1S/C11H12ClN3O/c12-9-5-6-10(15-14-9)13-11(16)7-8-3-1-2-4-8/h1,3,5-6,8H,2,4,7H2,(H,13,15,16). The van der Waals surface area contributed by atoms with Crippen LogP contribution >= 0.6 is 11.6 Å². The van der Waals surface area contributed by atoms with Gasteiger partial charge in [-0.2, -0.15) is 0 Å². The molecule has 0 radical (unpaired) electrons. The maximum Gasteiger partial charge on any atom is 0.226 e. The van der Waals surface area contributed by atoms with Crippen LogP contribution in [0, 0.1) is 5.92 Å². The van der Waals surface area contributed by atoms with Gasteiger partial charge >= 0.3 is 0 Å². The van der Waals surface area contributed by atoms with Crippen LogP contribution in [0.3, 0.4) is 0 Å². The molecule has 5 heteroatoms. The summed E-state index contributed by atoms with van der Waals surface area (Å²) in [5, 5.41) is 10.4. The molecule has 2 rings (SSSR count). The first-order chi connectivity index (χ1) is 7.74. The van der Waals surface area contributed by atoms with Crippen molar-refractivity contribution >= 4 is 23.3 Å². The Bertz CT molecular complexity index is 402. The normalized spacial score (nSPS) is 18.7. The van der Waals surface area contributed by atoms with Crippen LogP contribution in [0.15, 0.2) is 24.3 Å². The van der Waals surface area contributed by atoms with Crippen LogP contribution in [-0.2, 0) is 4.79 Å². The van der Waals surface area contributed by atoms with E-state index in [0.29, 0.717) is 23.3 Å². The average Bonchev–Trinajstić information content (AvgIpc) is 2.74. The zero-order valence-corrected chi connectivity index (χ0v) is 9.44. The van der Waals surface area contributed by atoms with E-state index in [0.717, 1.165) is 12.8 Å². The molecule has 0 aromatic carbocycles. The van der Waals surface area contributed by atoms with Crippen molar-refractivity contribution in [1.29, 1.82) is 0 Å². The second-order valence-corrected chi connectivity index (χ2v) is 4.15. The van der Waals surface area contributed by atoms with E-state index >= 15 is 0 Å². The van der Waals surface area contributed by atoms with E-state index in [-0.39, 0.29) is 5.91 Å². The summed E-state index contributed by atoms with van der Waals surface area (Å²) < 4.78 is 0. The smallest absolute Gasteiger partial charge is 0.226 e. The summed E-state index contributed by atoms with van der Waals surface area (Å²) in [5.74, 6) is 0.768. The van der Waals surface area contributed by atoms with E-state index in [1.807, 2.05) is 0 Å². The van der Waals surface area contributed by atoms with Crippen molar-refractivity contribution in [2.75, 3.05) is 5.32 Å². The Balaban J connectivity index is 1.86. The first kappa shape index (κ1) is 11.1. The third kappa shape index (κ3) is 3.03. The molecule has 1 N–H and O–H groups in total. The van der Waals surface area contributed by atoms with Gasteiger partial charge in [-0.3, -0.25) is 4.79 Å². The van der Waals surface area contributed by atoms with Gasteiger partial charge in [0.15, 0.2) is 11.0 Å². The van der Waals surface area contributed by atoms with E-state index in [9.17, 15) is 4.79 Å². The molecule has 1 aromatic rings. The van der Waals surface area contributed by atoms with Crippen LogP contribution in [0.2, 0.25) is 5.15 Å². The number of nitrogens with one attached hydrogen (secondary N) is 1. The summed E-state index contributed by atoms with van der Waals surface area (Å²) in [4.78, 5) is 11.6. The molecule has 1 unspecified atom stereocenters. The minimum absolute atomic E-state index is 0.0341. The Morgan fingerprint density at radius 3 is 3.00 bits per heavy atom. The van der Waals surface area contributed by atoms with Crippen LogP contribution < -0.4 is 5.32 Å². The Hall–Kier alpha value is -1.42. The first-order valence-electron chi connectivity index (χ1n) is 5.20. The molecular formula is C11H12ClN3O. The summed E-state index contributed by atoms with van der Waals surface area (Å²) in [5.41, 5.74) is 0. The van der Waals surface area contributed by atoms with Crippen molar-refractivity contribution in [3.05, 3.63) is 29.4 Å². The number of hydrogen-bond acceptors (Lipinski definition) is 3. The monoisotopic (exact) mass is 237 g/mol. The first-order valence-corrected chi connectivity index (χ1v) is 5.57. The second kappa shape index (κ2) is 5.07. The van der Waals surface area contributed by atoms with Crippen LogP contribution in [0.1, 0.15) is 19.3 Å². The molecule has 4 nitrogen and oxygen atoms in total. The SMILES string of the molecule is O=C(CC1C=CCC1)Nc1ccc(Cl)nn1. The van der Waals surface area contributed by atoms with Gasteiger partial charge in [-0.05, 0) is 30.9 Å². The summed E-state index contributed by atoms with van der Waals surface area (Å²) in [7, 11) is 0. The molecule has 0 saturated carbocycles. The quantitative estimate of drug-likeness (QED) is 0.822. The zero-order chi connectivity index (χ0) is 11.4. The van der Waals surface area contributed by atoms with Crippen molar-refractivity contribution in [3.8, 4) is 0 Å². The highest BCUT2D eigenvalue weighted by Crippen LogP contribution is 2.20. The summed E-state index contributed by atoms with van der Waals surface area (Å²) >= 11 is 5.59. The van der Waals surface area contributed by atoms with Gasteiger partial charge in [0.1, 0.15) is 0 Å². The van der Waals surface area contributed by atoms with E-state index in [2.05, 4.69) is 27.7 Å². The van der Waals surface area contributed by atoms with Crippen LogP contribution in [0.5, 0.6) is 0 Å². The fraction of sp³-hybridized carbons (Fsp3) is 0.364. The predicted octanol–water partition coefficient (Wildman–Crippen LogP) is 2.42. The lowest BCUT2D eigenvalue weighted by Gasteiger charge is -2.07. The number of hydrogen-bond donors (Lipinski definition) is 1. The summed E-state index contributed by atoms with van der Waals surface area (Å²) in [6.07, 6.45) is 6.83. The number of allylic oxidation sites excluding steroid dienone is 2. The van der Waals surface area contributed by atoms with Gasteiger partial charge in [0, 0.05) is 6.42 Å². The number of anilines is 1. The molecule has 84 valence electrons. The summed E-state index contributed by atoms with van der Waals surface area (Å²) in [6.45, 7) is 0. The fourth-order valence-corrected chi connectivity index (χ4v) is 1.78. The van der Waals surface area contributed by atoms with Gasteiger partial charge in [0.2, 0.25) is 5.91 Å². The summed E-state index contributed by atoms with van der Waals surface area (Å²) in [6, 6.07) is 3.23. The molecule has 1 aliphatic carbocycles. The maximum atomic E-state index is 11.6. The Kier molecular flexibility index (Phi) is 3.51. The third-order valence-electron chi connectivity index (χ3n) is 2.46. The lowest BCUT2D eigenvalue weighted by molar-refractivity contribution is -0.116. The van der Waals surface area contributed by atoms with Gasteiger partial charge in [-0.1, -0.05) is 23.8 Å². The minimum atomic E-state index is -0.0341. The third-order valence-corrected chi connectivity index (χ3v) is 2.66. The van der Waals surface area contributed by atoms with E-state index in [1.54, 1.807) is 12.1 Å². The van der Waals surface area contributed by atoms with Gasteiger partial charge in [0.25, 0.3) is 0 Å². The number of halogens is 1. The Labute approximate surface area is 98.7 Å². The van der Waals surface area contributed by atoms with E-state index in [4.69, 9.17) is 11.6 Å². The van der Waals surface area contributed by atoms with Crippen LogP contribution in [0.4, 0.5) is 5.82 Å². The molecule has 1 heterocycles. The molecule has 0 aliphatic heterocycles. The van der Waals surface area contributed by atoms with Crippen molar-refractivity contribution < 1.29 is 4.79 Å². The number of rotatable bonds is 3. The van der Waals surface area contributed by atoms with Gasteiger partial charge < -0.3 is 5.32 Å². The minimum Gasteiger partial charge on any atom is -0.309 e. The molecular weight excluding hydrogens is 226 g/mol. The highest BCUT2D eigenvalue weighted by Gasteiger charge is 2.14. The molecule has 0 saturated heterocycles. The van der Waals surface area contributed by atoms with Gasteiger partial charge in [0.05, 0.1) is 0 Å². The number of nitrogens with zero attached hydrogens (tertiary/aromatic N) is 2. The molecule has 1 amide bonds. The zero-order valence-electron chi connectivity index (χ0n) is 8.69. The molecule has 0 bridgehead atoms. The number of carbonyl (C=O) groups is 1. The lowest BCUT2D eigenvalue weighted by Crippen LogP contribution is -2.15. The maximum absolute atomic E-state index is 11.6. The second-order valence-electron chi connectivity index (χ2n) is 3.76. The van der Waals surface area contributed by atoms with Crippen LogP contribution in [-0.4, -0.2) is 16.1 Å². The van der Waals surface area contributed by atoms with Gasteiger partial charge in [-0.15, -0.1) is 10.2 Å². The van der Waals surface area contributed by atoms with E-state index in [1.165, 1.54) is 0 Å². The predicted molar refractivity (Wildman–Crippen MR) is 62.2 cm³/mol. The fourth-order valence-electron chi connectivity index (χ4n) is 1.68. The molecule has 16 heavy (non-hydrogen) atoms. The average molecular weight is 238 g/mol. The van der Waals surface area contributed by atoms with Crippen molar-refractivity contribution in [2.24, 2.45) is 5.92 Å². The molecule has 1 aromatic heterocycles. The van der Waals surface area contributed by atoms with Crippen LogP contribution in [0.25, 0.3) is 0 Å². The Morgan fingerprint density at radius 1 is 1.50 bits per heavy atom. The number of aromatic nitrogens is 2. The highest BCUT2D eigenvalue weighted by molar-refractivity contribution is 6.29. The molecule has 1 atom stereocenters. The number of carbonyl (C=O) groups excluding carboxylic acids is 1. The largest absolute Gasteiger partial charge is 0.309 e. The lowest BCUT2D eigenvalue weighted by atomic mass is 10.1. The van der Waals surface area contributed by atoms with Crippen molar-refractivity contribution in [3.63, 3.8) is 0 Å². The highest BCUT2D eigenvalue weighted by atomic mass is 35.5. The molecule has 0 spiro atoms. The molecule has 0 fully saturated rings. The van der Waals surface area contributed by atoms with E-state index < -0.39 is 0 Å². The van der Waals surface area contributed by atoms with Gasteiger partial charge in [-0.25, -0.2) is 0 Å². The van der Waals surface area contributed by atoms with Crippen molar-refractivity contribution in [2.45, 2.75) is 19.3 Å². The Morgan fingerprint density at radius 2 is 2.38 bits per heavy atom.